The number of carbonyl (C=O) groups excluding carboxylic acids is 4. The lowest BCUT2D eigenvalue weighted by molar-refractivity contribution is -0.171. The van der Waals surface area contributed by atoms with E-state index in [9.17, 15) is 19.2 Å². The Kier molecular flexibility index (Phi) is 5.51. The largest absolute Gasteiger partial charge is 0.456 e. The normalized spacial score (nSPS) is 37.4. The molecule has 0 aromatic heterocycles. The average Bonchev–Trinajstić information content (AvgIpc) is 3.33. The molecule has 0 N–H and O–H groups in total. The van der Waals surface area contributed by atoms with Crippen LogP contribution in [0.25, 0.3) is 0 Å². The molecule has 6 atom stereocenters. The maximum absolute atomic E-state index is 14.5. The van der Waals surface area contributed by atoms with E-state index in [0.717, 1.165) is 11.1 Å². The molecule has 5 rings (SSSR count). The number of piperazine rings is 1. The number of amides is 2. The van der Waals surface area contributed by atoms with E-state index in [-0.39, 0.29) is 11.8 Å². The third kappa shape index (κ3) is 3.00. The fraction of sp³-hybridized carbons (Fsp3) is 0.500. The minimum Gasteiger partial charge on any atom is -0.456 e. The highest BCUT2D eigenvalue weighted by Gasteiger charge is 2.72. The molecule has 0 unspecified atom stereocenters. The summed E-state index contributed by atoms with van der Waals surface area (Å²) in [6, 6.07) is -1.08. The van der Waals surface area contributed by atoms with E-state index in [4.69, 9.17) is 9.47 Å². The van der Waals surface area contributed by atoms with E-state index < -0.39 is 46.0 Å². The average molecular weight is 503 g/mol. The van der Waals surface area contributed by atoms with Crippen LogP contribution in [0, 0.1) is 0 Å². The van der Waals surface area contributed by atoms with Crippen molar-refractivity contribution < 1.29 is 28.7 Å². The van der Waals surface area contributed by atoms with Crippen molar-refractivity contribution in [3.63, 3.8) is 0 Å². The molecule has 3 saturated heterocycles. The number of carbonyl (C=O) groups is 4. The van der Waals surface area contributed by atoms with Gasteiger partial charge in [0.05, 0.1) is 12.1 Å². The van der Waals surface area contributed by atoms with Crippen LogP contribution in [0.3, 0.4) is 0 Å². The fourth-order valence-corrected chi connectivity index (χ4v) is 7.91. The van der Waals surface area contributed by atoms with E-state index in [1.165, 1.54) is 37.4 Å². The number of allylic oxidation sites excluding steroid dienone is 4. The summed E-state index contributed by atoms with van der Waals surface area (Å²) in [4.78, 5) is 53.6. The molecule has 0 radical (unpaired) electrons. The predicted octanol–water partition coefficient (Wildman–Crippen LogP) is 2.18. The van der Waals surface area contributed by atoms with Gasteiger partial charge in [-0.25, -0.2) is 0 Å². The lowest BCUT2D eigenvalue weighted by atomic mass is 9.95. The van der Waals surface area contributed by atoms with Crippen LogP contribution in [0.15, 0.2) is 47.6 Å². The molecule has 0 saturated carbocycles. The van der Waals surface area contributed by atoms with Crippen molar-refractivity contribution in [1.82, 2.24) is 9.80 Å². The van der Waals surface area contributed by atoms with Crippen LogP contribution in [0.5, 0.6) is 0 Å². The highest BCUT2D eigenvalue weighted by Crippen LogP contribution is 2.59. The van der Waals surface area contributed by atoms with Gasteiger partial charge >= 0.3 is 11.9 Å². The first-order valence-corrected chi connectivity index (χ1v) is 13.5. The molecule has 8 nitrogen and oxygen atoms in total. The molecule has 3 heterocycles. The molecule has 0 bridgehead atoms. The second-order valence-corrected chi connectivity index (χ2v) is 11.1. The van der Waals surface area contributed by atoms with Crippen LogP contribution in [0.4, 0.5) is 0 Å². The van der Waals surface area contributed by atoms with Crippen molar-refractivity contribution in [2.75, 3.05) is 12.5 Å². The van der Waals surface area contributed by atoms with Crippen molar-refractivity contribution in [3.8, 4) is 0 Å². The van der Waals surface area contributed by atoms with Gasteiger partial charge in [-0.15, -0.1) is 23.5 Å². The highest BCUT2D eigenvalue weighted by atomic mass is 32.2. The quantitative estimate of drug-likeness (QED) is 0.540. The van der Waals surface area contributed by atoms with Gasteiger partial charge in [0.2, 0.25) is 0 Å². The fourth-order valence-electron chi connectivity index (χ4n) is 5.95. The summed E-state index contributed by atoms with van der Waals surface area (Å²) >= 11 is 2.65. The summed E-state index contributed by atoms with van der Waals surface area (Å²) in [5, 5.41) is 0. The molecule has 0 aromatic rings. The molecular weight excluding hydrogens is 476 g/mol. The molecule has 180 valence electrons. The Balaban J connectivity index is 1.64. The van der Waals surface area contributed by atoms with Crippen LogP contribution in [0.1, 0.15) is 26.7 Å². The molecule has 10 heteroatoms. The Morgan fingerprint density at radius 1 is 0.824 bits per heavy atom. The summed E-state index contributed by atoms with van der Waals surface area (Å²) < 4.78 is 11.2. The van der Waals surface area contributed by atoms with Crippen molar-refractivity contribution in [2.24, 2.45) is 0 Å². The number of thioether (sulfide) groups is 2. The van der Waals surface area contributed by atoms with Gasteiger partial charge in [0.15, 0.2) is 9.74 Å². The first-order valence-electron chi connectivity index (χ1n) is 11.1. The van der Waals surface area contributed by atoms with Gasteiger partial charge in [-0.2, -0.15) is 0 Å². The van der Waals surface area contributed by atoms with Gasteiger partial charge in [0, 0.05) is 26.7 Å². The van der Waals surface area contributed by atoms with Gasteiger partial charge in [0.25, 0.3) is 11.8 Å². The molecule has 2 amide bonds. The number of nitrogens with zero attached hydrogens (tertiary/aromatic N) is 2. The first kappa shape index (κ1) is 23.3. The molecule has 5 aliphatic rings. The number of esters is 2. The Bertz CT molecular complexity index is 1030. The van der Waals surface area contributed by atoms with Crippen LogP contribution in [-0.2, 0) is 28.7 Å². The lowest BCUT2D eigenvalue weighted by Gasteiger charge is -2.54. The Morgan fingerprint density at radius 3 is 1.53 bits per heavy atom. The minimum absolute atomic E-state index is 0.188. The molecule has 3 aliphatic heterocycles. The molecule has 0 aromatic carbocycles. The number of fused-ring (bicyclic) bond motifs is 6. The smallest absolute Gasteiger partial charge is 0.303 e. The van der Waals surface area contributed by atoms with Crippen molar-refractivity contribution in [2.45, 2.75) is 60.7 Å². The van der Waals surface area contributed by atoms with E-state index >= 15 is 0 Å². The van der Waals surface area contributed by atoms with Gasteiger partial charge in [-0.1, -0.05) is 24.3 Å². The molecule has 2 aliphatic carbocycles. The molecule has 3 fully saturated rings. The van der Waals surface area contributed by atoms with Crippen LogP contribution in [0.2, 0.25) is 0 Å². The van der Waals surface area contributed by atoms with E-state index in [1.807, 2.05) is 36.8 Å². The number of hydrogen-bond acceptors (Lipinski definition) is 8. The van der Waals surface area contributed by atoms with Crippen LogP contribution >= 0.6 is 23.5 Å². The Labute approximate surface area is 206 Å². The molecule has 34 heavy (non-hydrogen) atoms. The van der Waals surface area contributed by atoms with Gasteiger partial charge in [-0.05, 0) is 35.8 Å². The number of rotatable bonds is 4. The maximum Gasteiger partial charge on any atom is 0.303 e. The van der Waals surface area contributed by atoms with E-state index in [1.54, 1.807) is 22.0 Å². The number of hydrogen-bond donors (Lipinski definition) is 0. The van der Waals surface area contributed by atoms with Gasteiger partial charge in [0.1, 0.15) is 12.2 Å². The van der Waals surface area contributed by atoms with Crippen molar-refractivity contribution in [3.05, 3.63) is 47.6 Å². The molecule has 0 spiro atoms. The lowest BCUT2D eigenvalue weighted by Crippen LogP contribution is -2.74. The topological polar surface area (TPSA) is 93.2 Å². The van der Waals surface area contributed by atoms with Crippen molar-refractivity contribution in [1.29, 1.82) is 0 Å². The van der Waals surface area contributed by atoms with Crippen LogP contribution in [-0.4, -0.2) is 80.1 Å². The highest BCUT2D eigenvalue weighted by molar-refractivity contribution is 8.01. The zero-order valence-electron chi connectivity index (χ0n) is 19.3. The summed E-state index contributed by atoms with van der Waals surface area (Å²) in [6.45, 7) is 2.68. The summed E-state index contributed by atoms with van der Waals surface area (Å²) in [6.07, 6.45) is 14.0. The number of ether oxygens (including phenoxy) is 2. The third-order valence-electron chi connectivity index (χ3n) is 7.21. The monoisotopic (exact) mass is 502 g/mol. The van der Waals surface area contributed by atoms with E-state index in [2.05, 4.69) is 0 Å². The second-order valence-electron chi connectivity index (χ2n) is 8.97. The maximum atomic E-state index is 14.5. The zero-order chi connectivity index (χ0) is 24.4. The SMILES string of the molecule is CS[C@]12CC3=CC=C[C@H](OC(C)=O)[C@H]3N1C(=O)[C@@]1(SC)CC3=CC=C[C@H](OC(C)=O)[C@H]3N1C2=O. The zero-order valence-corrected chi connectivity index (χ0v) is 21.0. The summed E-state index contributed by atoms with van der Waals surface area (Å²) in [5.74, 6) is -1.26. The summed E-state index contributed by atoms with van der Waals surface area (Å²) in [7, 11) is 0. The Hall–Kier alpha value is -2.46. The van der Waals surface area contributed by atoms with Gasteiger partial charge in [-0.3, -0.25) is 19.2 Å². The van der Waals surface area contributed by atoms with Crippen LogP contribution < -0.4 is 0 Å². The predicted molar refractivity (Wildman–Crippen MR) is 129 cm³/mol. The second kappa shape index (κ2) is 8.05. The standard InChI is InChI=1S/C24H26N2O6S2/c1-13(27)31-17-9-5-7-15-11-23(33-3)22(30)26-20-16(8-6-10-18(20)32-14(2)28)12-24(26,34-4)21(29)25(23)19(15)17/h5-10,17-20H,11-12H2,1-4H3/t17-,18-,19-,20-,23-,24-/m0/s1. The summed E-state index contributed by atoms with van der Waals surface area (Å²) in [5.41, 5.74) is 1.77. The third-order valence-corrected chi connectivity index (χ3v) is 9.59. The van der Waals surface area contributed by atoms with Gasteiger partial charge < -0.3 is 19.3 Å². The first-order chi connectivity index (χ1) is 16.2. The minimum atomic E-state index is -1.17. The molecular formula is C24H26N2O6S2. The Morgan fingerprint density at radius 2 is 1.21 bits per heavy atom. The van der Waals surface area contributed by atoms with E-state index in [0.29, 0.717) is 12.8 Å². The van der Waals surface area contributed by atoms with Crippen molar-refractivity contribution >= 4 is 47.3 Å².